The Kier molecular flexibility index (Phi) is 3.36. The van der Waals surface area contributed by atoms with Crippen LogP contribution in [-0.4, -0.2) is 4.98 Å². The average Bonchev–Trinajstić information content (AvgIpc) is 2.88. The van der Waals surface area contributed by atoms with Crippen LogP contribution < -0.4 is 0 Å². The van der Waals surface area contributed by atoms with Crippen molar-refractivity contribution in [3.05, 3.63) is 64.5 Å². The number of aromatic nitrogens is 1. The Bertz CT molecular complexity index is 810. The van der Waals surface area contributed by atoms with E-state index in [1.807, 2.05) is 48.5 Å². The van der Waals surface area contributed by atoms with Crippen molar-refractivity contribution in [1.29, 1.82) is 5.26 Å². The number of oxazole rings is 1. The van der Waals surface area contributed by atoms with Gasteiger partial charge in [0.1, 0.15) is 17.2 Å². The van der Waals surface area contributed by atoms with Gasteiger partial charge in [0.25, 0.3) is 0 Å². The first kappa shape index (κ1) is 12.6. The van der Waals surface area contributed by atoms with E-state index in [1.165, 1.54) is 0 Å². The van der Waals surface area contributed by atoms with E-state index >= 15 is 0 Å². The van der Waals surface area contributed by atoms with Gasteiger partial charge in [-0.15, -0.1) is 0 Å². The highest BCUT2D eigenvalue weighted by Gasteiger charge is 2.10. The predicted molar refractivity (Wildman–Crippen MR) is 81.6 cm³/mol. The van der Waals surface area contributed by atoms with Gasteiger partial charge in [0, 0.05) is 4.47 Å². The van der Waals surface area contributed by atoms with E-state index in [9.17, 15) is 5.26 Å². The molecule has 1 heterocycles. The molecule has 0 aliphatic carbocycles. The van der Waals surface area contributed by atoms with E-state index in [2.05, 4.69) is 27.0 Å². The topological polar surface area (TPSA) is 49.8 Å². The quantitative estimate of drug-likeness (QED) is 0.644. The lowest BCUT2D eigenvalue weighted by molar-refractivity contribution is 0.586. The number of nitrogens with zero attached hydrogens (tertiary/aromatic N) is 2. The van der Waals surface area contributed by atoms with Crippen LogP contribution in [0.15, 0.2) is 57.4 Å². The Morgan fingerprint density at radius 3 is 2.80 bits per heavy atom. The molecule has 3 nitrogen and oxygen atoms in total. The van der Waals surface area contributed by atoms with E-state index in [-0.39, 0.29) is 0 Å². The number of benzene rings is 2. The summed E-state index contributed by atoms with van der Waals surface area (Å²) < 4.78 is 6.57. The number of hydrogen-bond donors (Lipinski definition) is 0. The van der Waals surface area contributed by atoms with E-state index in [0.29, 0.717) is 17.0 Å². The number of allylic oxidation sites excluding steroid dienone is 1. The maximum atomic E-state index is 9.31. The maximum Gasteiger partial charge on any atom is 0.238 e. The standard InChI is InChI=1S/C16H9BrN2O/c17-13-5-3-4-11(9-13)8-12(10-18)16-19-14-6-1-2-7-15(14)20-16/h1-9H. The summed E-state index contributed by atoms with van der Waals surface area (Å²) in [6.07, 6.45) is 1.76. The number of halogens is 1. The molecule has 0 aliphatic heterocycles. The van der Waals surface area contributed by atoms with Gasteiger partial charge in [0.05, 0.1) is 0 Å². The molecule has 0 fully saturated rings. The Morgan fingerprint density at radius 2 is 2.05 bits per heavy atom. The second kappa shape index (κ2) is 5.32. The normalized spacial score (nSPS) is 11.5. The number of nitriles is 1. The fourth-order valence-corrected chi connectivity index (χ4v) is 2.31. The Hall–Kier alpha value is -2.38. The fourth-order valence-electron chi connectivity index (χ4n) is 1.89. The van der Waals surface area contributed by atoms with Gasteiger partial charge in [-0.1, -0.05) is 40.2 Å². The van der Waals surface area contributed by atoms with Crippen LogP contribution in [0.5, 0.6) is 0 Å². The molecule has 0 unspecified atom stereocenters. The summed E-state index contributed by atoms with van der Waals surface area (Å²) in [6, 6.07) is 17.3. The van der Waals surface area contributed by atoms with E-state index in [0.717, 1.165) is 15.6 Å². The molecule has 1 aromatic heterocycles. The van der Waals surface area contributed by atoms with Crippen molar-refractivity contribution in [2.24, 2.45) is 0 Å². The largest absolute Gasteiger partial charge is 0.435 e. The molecule has 3 rings (SSSR count). The molecule has 4 heteroatoms. The molecule has 0 N–H and O–H groups in total. The van der Waals surface area contributed by atoms with Gasteiger partial charge in [0.15, 0.2) is 5.58 Å². The van der Waals surface area contributed by atoms with Gasteiger partial charge in [-0.05, 0) is 35.9 Å². The van der Waals surface area contributed by atoms with E-state index < -0.39 is 0 Å². The minimum atomic E-state index is 0.341. The maximum absolute atomic E-state index is 9.31. The number of fused-ring (bicyclic) bond motifs is 1. The van der Waals surface area contributed by atoms with Crippen LogP contribution in [0.25, 0.3) is 22.7 Å². The minimum Gasteiger partial charge on any atom is -0.435 e. The van der Waals surface area contributed by atoms with Gasteiger partial charge in [-0.3, -0.25) is 0 Å². The molecular weight excluding hydrogens is 316 g/mol. The van der Waals surface area contributed by atoms with Crippen LogP contribution in [0.4, 0.5) is 0 Å². The van der Waals surface area contributed by atoms with Gasteiger partial charge in [-0.2, -0.15) is 5.26 Å². The Labute approximate surface area is 124 Å². The van der Waals surface area contributed by atoms with Gasteiger partial charge in [-0.25, -0.2) is 4.98 Å². The van der Waals surface area contributed by atoms with Crippen LogP contribution in [0, 0.1) is 11.3 Å². The van der Waals surface area contributed by atoms with Crippen LogP contribution in [0.1, 0.15) is 11.5 Å². The average molecular weight is 325 g/mol. The minimum absolute atomic E-state index is 0.341. The molecule has 0 bridgehead atoms. The third-order valence-corrected chi connectivity index (χ3v) is 3.30. The summed E-state index contributed by atoms with van der Waals surface area (Å²) in [7, 11) is 0. The zero-order valence-corrected chi connectivity index (χ0v) is 12.0. The Morgan fingerprint density at radius 1 is 1.20 bits per heavy atom. The number of rotatable bonds is 2. The molecular formula is C16H9BrN2O. The summed E-state index contributed by atoms with van der Waals surface area (Å²) in [5.74, 6) is 0.341. The second-order valence-corrected chi connectivity index (χ2v) is 5.13. The summed E-state index contributed by atoms with van der Waals surface area (Å²) in [6.45, 7) is 0. The summed E-state index contributed by atoms with van der Waals surface area (Å²) in [5.41, 5.74) is 2.74. The third-order valence-electron chi connectivity index (χ3n) is 2.80. The zero-order valence-electron chi connectivity index (χ0n) is 10.4. The van der Waals surface area contributed by atoms with Crippen molar-refractivity contribution in [3.63, 3.8) is 0 Å². The third kappa shape index (κ3) is 2.49. The molecule has 0 saturated carbocycles. The highest BCUT2D eigenvalue weighted by atomic mass is 79.9. The fraction of sp³-hybridized carbons (Fsp3) is 0. The first-order valence-corrected chi connectivity index (χ1v) is 6.79. The molecule has 2 aromatic carbocycles. The van der Waals surface area contributed by atoms with Gasteiger partial charge >= 0.3 is 0 Å². The zero-order chi connectivity index (χ0) is 13.9. The van der Waals surface area contributed by atoms with Crippen LogP contribution in [-0.2, 0) is 0 Å². The molecule has 96 valence electrons. The van der Waals surface area contributed by atoms with E-state index in [4.69, 9.17) is 4.42 Å². The first-order chi connectivity index (χ1) is 9.76. The van der Waals surface area contributed by atoms with E-state index in [1.54, 1.807) is 6.08 Å². The molecule has 0 saturated heterocycles. The van der Waals surface area contributed by atoms with Crippen molar-refractivity contribution in [3.8, 4) is 6.07 Å². The summed E-state index contributed by atoms with van der Waals surface area (Å²) >= 11 is 3.41. The van der Waals surface area contributed by atoms with Crippen LogP contribution in [0.2, 0.25) is 0 Å². The van der Waals surface area contributed by atoms with Crippen molar-refractivity contribution in [2.45, 2.75) is 0 Å². The van der Waals surface area contributed by atoms with Crippen LogP contribution >= 0.6 is 15.9 Å². The second-order valence-electron chi connectivity index (χ2n) is 4.21. The predicted octanol–water partition coefficient (Wildman–Crippen LogP) is 4.65. The number of hydrogen-bond acceptors (Lipinski definition) is 3. The van der Waals surface area contributed by atoms with Crippen molar-refractivity contribution in [1.82, 2.24) is 4.98 Å². The summed E-state index contributed by atoms with van der Waals surface area (Å²) in [5, 5.41) is 9.31. The smallest absolute Gasteiger partial charge is 0.238 e. The van der Waals surface area contributed by atoms with Crippen molar-refractivity contribution < 1.29 is 4.42 Å². The molecule has 0 spiro atoms. The lowest BCUT2D eigenvalue weighted by atomic mass is 10.1. The highest BCUT2D eigenvalue weighted by molar-refractivity contribution is 9.10. The number of para-hydroxylation sites is 2. The van der Waals surface area contributed by atoms with Crippen molar-refractivity contribution >= 4 is 38.7 Å². The molecule has 20 heavy (non-hydrogen) atoms. The SMILES string of the molecule is N#CC(=Cc1cccc(Br)c1)c1nc2ccccc2o1. The lowest BCUT2D eigenvalue weighted by Gasteiger charge is -1.95. The molecule has 0 aliphatic rings. The van der Waals surface area contributed by atoms with Crippen LogP contribution in [0.3, 0.4) is 0 Å². The molecule has 0 radical (unpaired) electrons. The van der Waals surface area contributed by atoms with Gasteiger partial charge < -0.3 is 4.42 Å². The first-order valence-electron chi connectivity index (χ1n) is 5.99. The lowest BCUT2D eigenvalue weighted by Crippen LogP contribution is -1.81. The van der Waals surface area contributed by atoms with Crippen molar-refractivity contribution in [2.75, 3.05) is 0 Å². The monoisotopic (exact) mass is 324 g/mol. The molecule has 3 aromatic rings. The summed E-state index contributed by atoms with van der Waals surface area (Å²) in [4.78, 5) is 4.33. The highest BCUT2D eigenvalue weighted by Crippen LogP contribution is 2.23. The molecule has 0 amide bonds. The van der Waals surface area contributed by atoms with Gasteiger partial charge in [0.2, 0.25) is 5.89 Å². The molecule has 0 atom stereocenters. The Balaban J connectivity index is 2.07.